The third-order valence-electron chi connectivity index (χ3n) is 4.53. The second-order valence-electron chi connectivity index (χ2n) is 7.64. The van der Waals surface area contributed by atoms with Gasteiger partial charge in [0, 0.05) is 12.1 Å². The molecule has 108 valence electrons. The lowest BCUT2D eigenvalue weighted by atomic mass is 9.81. The van der Waals surface area contributed by atoms with E-state index in [1.165, 1.54) is 32.4 Å². The average Bonchev–Trinajstić information content (AvgIpc) is 2.40. The molecule has 3 unspecified atom stereocenters. The molecule has 0 aromatic carbocycles. The first-order valence-corrected chi connectivity index (χ1v) is 7.73. The lowest BCUT2D eigenvalue weighted by Crippen LogP contribution is -2.53. The molecule has 0 bridgehead atoms. The summed E-state index contributed by atoms with van der Waals surface area (Å²) in [6.45, 7) is 16.3. The van der Waals surface area contributed by atoms with Crippen LogP contribution in [-0.2, 0) is 0 Å². The summed E-state index contributed by atoms with van der Waals surface area (Å²) < 4.78 is 0. The zero-order chi connectivity index (χ0) is 13.9. The molecule has 2 nitrogen and oxygen atoms in total. The standard InChI is InChI=1S/C16H34N2/c1-12(2)14-8-7-10-18(11-9-14)15(13(3)17)16(4,5)6/h12-15H,7-11,17H2,1-6H3. The van der Waals surface area contributed by atoms with E-state index in [2.05, 4.69) is 46.4 Å². The van der Waals surface area contributed by atoms with Crippen LogP contribution in [0.3, 0.4) is 0 Å². The fourth-order valence-corrected chi connectivity index (χ4v) is 3.76. The van der Waals surface area contributed by atoms with Gasteiger partial charge in [-0.1, -0.05) is 34.6 Å². The van der Waals surface area contributed by atoms with Crippen molar-refractivity contribution >= 4 is 0 Å². The van der Waals surface area contributed by atoms with Crippen LogP contribution in [0.2, 0.25) is 0 Å². The van der Waals surface area contributed by atoms with E-state index in [0.717, 1.165) is 11.8 Å². The second-order valence-corrected chi connectivity index (χ2v) is 7.64. The fraction of sp³-hybridized carbons (Fsp3) is 1.00. The molecule has 1 aliphatic heterocycles. The van der Waals surface area contributed by atoms with Crippen molar-refractivity contribution in [3.8, 4) is 0 Å². The summed E-state index contributed by atoms with van der Waals surface area (Å²) in [4.78, 5) is 2.66. The highest BCUT2D eigenvalue weighted by molar-refractivity contribution is 4.90. The van der Waals surface area contributed by atoms with Gasteiger partial charge in [-0.15, -0.1) is 0 Å². The van der Waals surface area contributed by atoms with Crippen LogP contribution in [0.5, 0.6) is 0 Å². The molecule has 0 aromatic rings. The summed E-state index contributed by atoms with van der Waals surface area (Å²) in [6.07, 6.45) is 4.07. The first-order valence-electron chi connectivity index (χ1n) is 7.73. The van der Waals surface area contributed by atoms with E-state index >= 15 is 0 Å². The lowest BCUT2D eigenvalue weighted by Gasteiger charge is -2.42. The van der Waals surface area contributed by atoms with Crippen molar-refractivity contribution in [3.63, 3.8) is 0 Å². The van der Waals surface area contributed by atoms with Gasteiger partial charge < -0.3 is 5.73 Å². The van der Waals surface area contributed by atoms with Gasteiger partial charge in [0.05, 0.1) is 0 Å². The van der Waals surface area contributed by atoms with Crippen molar-refractivity contribution in [2.24, 2.45) is 23.0 Å². The zero-order valence-corrected chi connectivity index (χ0v) is 13.4. The van der Waals surface area contributed by atoms with Crippen LogP contribution in [0, 0.1) is 17.3 Å². The van der Waals surface area contributed by atoms with Gasteiger partial charge in [0.2, 0.25) is 0 Å². The van der Waals surface area contributed by atoms with E-state index in [9.17, 15) is 0 Å². The van der Waals surface area contributed by atoms with Gasteiger partial charge >= 0.3 is 0 Å². The van der Waals surface area contributed by atoms with Crippen LogP contribution >= 0.6 is 0 Å². The van der Waals surface area contributed by atoms with Crippen LogP contribution in [0.4, 0.5) is 0 Å². The van der Waals surface area contributed by atoms with Gasteiger partial charge in [0.15, 0.2) is 0 Å². The van der Waals surface area contributed by atoms with Gasteiger partial charge in [0.1, 0.15) is 0 Å². The topological polar surface area (TPSA) is 29.3 Å². The highest BCUT2D eigenvalue weighted by Gasteiger charge is 2.34. The molecule has 0 saturated carbocycles. The predicted octanol–water partition coefficient (Wildman–Crippen LogP) is 3.51. The predicted molar refractivity (Wildman–Crippen MR) is 80.6 cm³/mol. The number of nitrogens with zero attached hydrogens (tertiary/aromatic N) is 1. The smallest absolute Gasteiger partial charge is 0.0292 e. The van der Waals surface area contributed by atoms with Crippen LogP contribution < -0.4 is 5.73 Å². The van der Waals surface area contributed by atoms with E-state index in [0.29, 0.717) is 6.04 Å². The molecular formula is C16H34N2. The first-order chi connectivity index (χ1) is 8.23. The molecule has 0 amide bonds. The van der Waals surface area contributed by atoms with E-state index in [4.69, 9.17) is 5.73 Å². The summed E-state index contributed by atoms with van der Waals surface area (Å²) in [7, 11) is 0. The molecule has 1 rings (SSSR count). The summed E-state index contributed by atoms with van der Waals surface area (Å²) in [5, 5.41) is 0. The lowest BCUT2D eigenvalue weighted by molar-refractivity contribution is 0.0834. The molecule has 0 aromatic heterocycles. The molecule has 1 saturated heterocycles. The second kappa shape index (κ2) is 6.38. The van der Waals surface area contributed by atoms with Crippen LogP contribution in [0.15, 0.2) is 0 Å². The molecule has 3 atom stereocenters. The molecule has 1 fully saturated rings. The fourth-order valence-electron chi connectivity index (χ4n) is 3.76. The molecule has 18 heavy (non-hydrogen) atoms. The average molecular weight is 254 g/mol. The third kappa shape index (κ3) is 4.24. The number of nitrogens with two attached hydrogens (primary N) is 1. The van der Waals surface area contributed by atoms with Crippen molar-refractivity contribution in [2.45, 2.75) is 72.9 Å². The van der Waals surface area contributed by atoms with Crippen LogP contribution in [0.25, 0.3) is 0 Å². The van der Waals surface area contributed by atoms with Gasteiger partial charge in [-0.25, -0.2) is 0 Å². The van der Waals surface area contributed by atoms with E-state index in [-0.39, 0.29) is 11.5 Å². The van der Waals surface area contributed by atoms with Crippen molar-refractivity contribution in [2.75, 3.05) is 13.1 Å². The number of rotatable bonds is 3. The largest absolute Gasteiger partial charge is 0.327 e. The number of likely N-dealkylation sites (tertiary alicyclic amines) is 1. The molecule has 1 aliphatic rings. The first kappa shape index (κ1) is 16.0. The molecule has 2 N–H and O–H groups in total. The summed E-state index contributed by atoms with van der Waals surface area (Å²) in [5.41, 5.74) is 6.53. The van der Waals surface area contributed by atoms with Crippen molar-refractivity contribution < 1.29 is 0 Å². The Balaban J connectivity index is 2.71. The maximum absolute atomic E-state index is 6.26. The Bertz CT molecular complexity index is 240. The Kier molecular flexibility index (Phi) is 5.67. The van der Waals surface area contributed by atoms with Gasteiger partial charge in [-0.2, -0.15) is 0 Å². The minimum Gasteiger partial charge on any atom is -0.327 e. The van der Waals surface area contributed by atoms with Crippen LogP contribution in [0.1, 0.15) is 60.8 Å². The summed E-state index contributed by atoms with van der Waals surface area (Å²) in [5.74, 6) is 1.73. The van der Waals surface area contributed by atoms with E-state index in [1.807, 2.05) is 0 Å². The Hall–Kier alpha value is -0.0800. The summed E-state index contributed by atoms with van der Waals surface area (Å²) in [6, 6.07) is 0.754. The molecular weight excluding hydrogens is 220 g/mol. The quantitative estimate of drug-likeness (QED) is 0.835. The van der Waals surface area contributed by atoms with Crippen molar-refractivity contribution in [3.05, 3.63) is 0 Å². The van der Waals surface area contributed by atoms with Gasteiger partial charge in [-0.05, 0) is 56.5 Å². The highest BCUT2D eigenvalue weighted by Crippen LogP contribution is 2.31. The molecule has 1 heterocycles. The van der Waals surface area contributed by atoms with Gasteiger partial charge in [-0.3, -0.25) is 4.90 Å². The minimum atomic E-state index is 0.251. The summed E-state index contributed by atoms with van der Waals surface area (Å²) >= 11 is 0. The maximum atomic E-state index is 6.26. The Morgan fingerprint density at radius 1 is 1.06 bits per heavy atom. The Labute approximate surface area is 114 Å². The third-order valence-corrected chi connectivity index (χ3v) is 4.53. The van der Waals surface area contributed by atoms with E-state index < -0.39 is 0 Å². The molecule has 0 aliphatic carbocycles. The maximum Gasteiger partial charge on any atom is 0.0292 e. The van der Waals surface area contributed by atoms with Crippen molar-refractivity contribution in [1.82, 2.24) is 4.90 Å². The molecule has 0 spiro atoms. The molecule has 0 radical (unpaired) electrons. The highest BCUT2D eigenvalue weighted by atomic mass is 15.2. The number of hydrogen-bond acceptors (Lipinski definition) is 2. The van der Waals surface area contributed by atoms with Crippen LogP contribution in [-0.4, -0.2) is 30.1 Å². The SMILES string of the molecule is CC(C)C1CCCN(C(C(C)N)C(C)(C)C)CC1. The Morgan fingerprint density at radius 3 is 2.11 bits per heavy atom. The van der Waals surface area contributed by atoms with Gasteiger partial charge in [0.25, 0.3) is 0 Å². The van der Waals surface area contributed by atoms with E-state index in [1.54, 1.807) is 0 Å². The zero-order valence-electron chi connectivity index (χ0n) is 13.4. The molecule has 2 heteroatoms. The Morgan fingerprint density at radius 2 is 1.67 bits per heavy atom. The number of hydrogen-bond donors (Lipinski definition) is 1. The van der Waals surface area contributed by atoms with Crippen molar-refractivity contribution in [1.29, 1.82) is 0 Å². The monoisotopic (exact) mass is 254 g/mol. The minimum absolute atomic E-state index is 0.251. The normalized spacial score (nSPS) is 27.0.